The van der Waals surface area contributed by atoms with Gasteiger partial charge in [-0.05, 0) is 44.2 Å². The van der Waals surface area contributed by atoms with Crippen molar-refractivity contribution in [2.24, 2.45) is 5.41 Å². The molecule has 15 heavy (non-hydrogen) atoms. The molecule has 0 aromatic carbocycles. The number of hydrogen-bond acceptors (Lipinski definition) is 2. The molecular weight excluding hydrogens is 208 g/mol. The molecule has 1 spiro atoms. The van der Waals surface area contributed by atoms with Gasteiger partial charge >= 0.3 is 0 Å². The van der Waals surface area contributed by atoms with Gasteiger partial charge in [0.05, 0.1) is 0 Å². The maximum atomic E-state index is 5.89. The Morgan fingerprint density at radius 1 is 1.40 bits per heavy atom. The molecular formula is C12H21ClN2. The molecule has 2 nitrogen and oxygen atoms in total. The lowest BCUT2D eigenvalue weighted by Gasteiger charge is -2.45. The van der Waals surface area contributed by atoms with E-state index in [0.29, 0.717) is 5.41 Å². The molecule has 0 aliphatic carbocycles. The Hall–Kier alpha value is -0.0500. The summed E-state index contributed by atoms with van der Waals surface area (Å²) >= 11 is 5.89. The van der Waals surface area contributed by atoms with E-state index in [1.54, 1.807) is 0 Å². The zero-order valence-corrected chi connectivity index (χ0v) is 10.2. The SMILES string of the molecule is C=C(Cl)CN1CCCC2(CCCNC2)C1. The fourth-order valence-corrected chi connectivity index (χ4v) is 3.24. The largest absolute Gasteiger partial charge is 0.316 e. The Labute approximate surface area is 97.7 Å². The Morgan fingerprint density at radius 2 is 2.20 bits per heavy atom. The molecule has 0 saturated carbocycles. The van der Waals surface area contributed by atoms with Gasteiger partial charge < -0.3 is 5.32 Å². The van der Waals surface area contributed by atoms with Crippen molar-refractivity contribution in [2.75, 3.05) is 32.7 Å². The monoisotopic (exact) mass is 228 g/mol. The van der Waals surface area contributed by atoms with E-state index in [1.807, 2.05) is 0 Å². The van der Waals surface area contributed by atoms with E-state index in [0.717, 1.165) is 11.6 Å². The molecule has 1 atom stereocenters. The fraction of sp³-hybridized carbons (Fsp3) is 0.833. The number of piperidine rings is 2. The second-order valence-electron chi connectivity index (χ2n) is 5.11. The molecule has 0 aromatic rings. The van der Waals surface area contributed by atoms with Crippen LogP contribution in [0.1, 0.15) is 25.7 Å². The summed E-state index contributed by atoms with van der Waals surface area (Å²) in [5.74, 6) is 0. The second kappa shape index (κ2) is 4.86. The van der Waals surface area contributed by atoms with E-state index >= 15 is 0 Å². The number of nitrogens with zero attached hydrogens (tertiary/aromatic N) is 1. The first kappa shape index (κ1) is 11.4. The molecule has 2 aliphatic rings. The van der Waals surface area contributed by atoms with Gasteiger partial charge in [0.25, 0.3) is 0 Å². The van der Waals surface area contributed by atoms with Crippen molar-refractivity contribution < 1.29 is 0 Å². The minimum Gasteiger partial charge on any atom is -0.316 e. The maximum absolute atomic E-state index is 5.89. The van der Waals surface area contributed by atoms with Crippen LogP contribution in [0.4, 0.5) is 0 Å². The van der Waals surface area contributed by atoms with Crippen LogP contribution in [-0.2, 0) is 0 Å². The van der Waals surface area contributed by atoms with Crippen LogP contribution >= 0.6 is 11.6 Å². The van der Waals surface area contributed by atoms with Crippen molar-refractivity contribution in [1.82, 2.24) is 10.2 Å². The van der Waals surface area contributed by atoms with Crippen molar-refractivity contribution in [3.63, 3.8) is 0 Å². The highest BCUT2D eigenvalue weighted by Crippen LogP contribution is 2.35. The summed E-state index contributed by atoms with van der Waals surface area (Å²) in [6.07, 6.45) is 5.40. The smallest absolute Gasteiger partial charge is 0.0335 e. The lowest BCUT2D eigenvalue weighted by molar-refractivity contribution is 0.0715. The molecule has 2 rings (SSSR count). The predicted octanol–water partition coefficient (Wildman–Crippen LogP) is 2.20. The molecule has 0 radical (unpaired) electrons. The lowest BCUT2D eigenvalue weighted by Crippen LogP contribution is -2.51. The minimum absolute atomic E-state index is 0.531. The topological polar surface area (TPSA) is 15.3 Å². The summed E-state index contributed by atoms with van der Waals surface area (Å²) in [6.45, 7) is 9.43. The van der Waals surface area contributed by atoms with Crippen LogP contribution in [0.15, 0.2) is 11.6 Å². The normalized spacial score (nSPS) is 33.1. The Bertz CT molecular complexity index is 228. The van der Waals surface area contributed by atoms with Crippen molar-refractivity contribution in [3.05, 3.63) is 11.6 Å². The van der Waals surface area contributed by atoms with Crippen molar-refractivity contribution >= 4 is 11.6 Å². The predicted molar refractivity (Wildman–Crippen MR) is 65.2 cm³/mol. The fourth-order valence-electron chi connectivity index (χ4n) is 3.07. The third kappa shape index (κ3) is 2.96. The zero-order chi connectivity index (χ0) is 10.7. The Balaban J connectivity index is 1.93. The summed E-state index contributed by atoms with van der Waals surface area (Å²) in [5, 5.41) is 4.31. The molecule has 0 aromatic heterocycles. The molecule has 0 amide bonds. The second-order valence-corrected chi connectivity index (χ2v) is 5.65. The quantitative estimate of drug-likeness (QED) is 0.780. The first-order valence-corrected chi connectivity index (χ1v) is 6.34. The highest BCUT2D eigenvalue weighted by Gasteiger charge is 2.36. The van der Waals surface area contributed by atoms with Gasteiger partial charge in [0.15, 0.2) is 0 Å². The molecule has 1 N–H and O–H groups in total. The molecule has 1 unspecified atom stereocenters. The summed E-state index contributed by atoms with van der Waals surface area (Å²) in [6, 6.07) is 0. The maximum Gasteiger partial charge on any atom is 0.0335 e. The number of likely N-dealkylation sites (tertiary alicyclic amines) is 1. The average Bonchev–Trinajstić information content (AvgIpc) is 2.17. The number of hydrogen-bond donors (Lipinski definition) is 1. The minimum atomic E-state index is 0.531. The van der Waals surface area contributed by atoms with Crippen molar-refractivity contribution in [3.8, 4) is 0 Å². The molecule has 0 bridgehead atoms. The van der Waals surface area contributed by atoms with Crippen LogP contribution in [0.2, 0.25) is 0 Å². The standard InChI is InChI=1S/C12H21ClN2/c1-11(13)8-15-7-3-5-12(10-15)4-2-6-14-9-12/h14H,1-10H2. The van der Waals surface area contributed by atoms with Crippen LogP contribution in [-0.4, -0.2) is 37.6 Å². The van der Waals surface area contributed by atoms with E-state index in [-0.39, 0.29) is 0 Å². The third-order valence-electron chi connectivity index (χ3n) is 3.70. The number of rotatable bonds is 2. The van der Waals surface area contributed by atoms with Gasteiger partial charge in [-0.1, -0.05) is 18.2 Å². The van der Waals surface area contributed by atoms with E-state index in [2.05, 4.69) is 16.8 Å². The summed E-state index contributed by atoms with van der Waals surface area (Å²) in [5.41, 5.74) is 0.531. The van der Waals surface area contributed by atoms with Gasteiger partial charge in [-0.15, -0.1) is 0 Å². The first-order valence-electron chi connectivity index (χ1n) is 5.97. The number of halogens is 1. The van der Waals surface area contributed by atoms with Gasteiger partial charge in [-0.25, -0.2) is 0 Å². The van der Waals surface area contributed by atoms with Crippen LogP contribution in [0.25, 0.3) is 0 Å². The Morgan fingerprint density at radius 3 is 2.87 bits per heavy atom. The summed E-state index contributed by atoms with van der Waals surface area (Å²) in [7, 11) is 0. The van der Waals surface area contributed by atoms with Gasteiger partial charge in [0.1, 0.15) is 0 Å². The van der Waals surface area contributed by atoms with Crippen molar-refractivity contribution in [1.29, 1.82) is 0 Å². The molecule has 2 saturated heterocycles. The molecule has 2 fully saturated rings. The molecule has 3 heteroatoms. The number of nitrogens with one attached hydrogen (secondary N) is 1. The van der Waals surface area contributed by atoms with Crippen molar-refractivity contribution in [2.45, 2.75) is 25.7 Å². The van der Waals surface area contributed by atoms with E-state index in [4.69, 9.17) is 11.6 Å². The molecule has 86 valence electrons. The average molecular weight is 229 g/mol. The van der Waals surface area contributed by atoms with Gasteiger partial charge in [0, 0.05) is 24.7 Å². The highest BCUT2D eigenvalue weighted by molar-refractivity contribution is 6.29. The van der Waals surface area contributed by atoms with Crippen LogP contribution < -0.4 is 5.32 Å². The highest BCUT2D eigenvalue weighted by atomic mass is 35.5. The van der Waals surface area contributed by atoms with Gasteiger partial charge in [-0.2, -0.15) is 0 Å². The third-order valence-corrected chi connectivity index (χ3v) is 3.82. The summed E-state index contributed by atoms with van der Waals surface area (Å²) in [4.78, 5) is 2.46. The van der Waals surface area contributed by atoms with Gasteiger partial charge in [-0.3, -0.25) is 4.90 Å². The van der Waals surface area contributed by atoms with E-state index in [9.17, 15) is 0 Å². The van der Waals surface area contributed by atoms with Crippen LogP contribution in [0.3, 0.4) is 0 Å². The molecule has 2 heterocycles. The van der Waals surface area contributed by atoms with Crippen LogP contribution in [0.5, 0.6) is 0 Å². The first-order chi connectivity index (χ1) is 7.20. The molecule has 2 aliphatic heterocycles. The lowest BCUT2D eigenvalue weighted by atomic mass is 9.74. The Kier molecular flexibility index (Phi) is 3.70. The van der Waals surface area contributed by atoms with Gasteiger partial charge in [0.2, 0.25) is 0 Å². The van der Waals surface area contributed by atoms with E-state index < -0.39 is 0 Å². The van der Waals surface area contributed by atoms with Crippen LogP contribution in [0, 0.1) is 5.41 Å². The zero-order valence-electron chi connectivity index (χ0n) is 9.40. The van der Waals surface area contributed by atoms with E-state index in [1.165, 1.54) is 51.9 Å². The summed E-state index contributed by atoms with van der Waals surface area (Å²) < 4.78 is 0.